The van der Waals surface area contributed by atoms with Crippen molar-refractivity contribution in [2.24, 2.45) is 0 Å². The van der Waals surface area contributed by atoms with Crippen LogP contribution in [0.1, 0.15) is 32.3 Å². The third kappa shape index (κ3) is 4.63. The van der Waals surface area contributed by atoms with Gasteiger partial charge in [-0.2, -0.15) is 0 Å². The van der Waals surface area contributed by atoms with Crippen molar-refractivity contribution in [1.82, 2.24) is 5.32 Å². The highest BCUT2D eigenvalue weighted by molar-refractivity contribution is 6.30. The lowest BCUT2D eigenvalue weighted by Gasteiger charge is -2.27. The van der Waals surface area contributed by atoms with Crippen LogP contribution in [0.4, 0.5) is 0 Å². The molecule has 0 saturated carbocycles. The number of nitrogens with one attached hydrogen (secondary N) is 1. The van der Waals surface area contributed by atoms with Crippen LogP contribution in [0.5, 0.6) is 5.75 Å². The summed E-state index contributed by atoms with van der Waals surface area (Å²) in [7, 11) is 2.83. The average Bonchev–Trinajstić information content (AvgIpc) is 2.48. The van der Waals surface area contributed by atoms with E-state index in [2.05, 4.69) is 5.32 Å². The van der Waals surface area contributed by atoms with Crippen LogP contribution in [-0.2, 0) is 20.7 Å². The summed E-state index contributed by atoms with van der Waals surface area (Å²) in [6, 6.07) is 5.07. The van der Waals surface area contributed by atoms with E-state index in [-0.39, 0.29) is 12.3 Å². The molecule has 1 aromatic carbocycles. The van der Waals surface area contributed by atoms with Crippen molar-refractivity contribution in [2.45, 2.75) is 38.6 Å². The van der Waals surface area contributed by atoms with Crippen molar-refractivity contribution in [3.8, 4) is 5.75 Å². The number of methoxy groups -OCH3 is 2. The van der Waals surface area contributed by atoms with Crippen LogP contribution >= 0.6 is 11.6 Å². The minimum atomic E-state index is -1.03. The maximum absolute atomic E-state index is 12.3. The lowest BCUT2D eigenvalue weighted by Crippen LogP contribution is -2.53. The predicted octanol–water partition coefficient (Wildman–Crippen LogP) is 2.74. The molecule has 0 radical (unpaired) electrons. The first-order chi connectivity index (χ1) is 10.4. The molecule has 1 atom stereocenters. The van der Waals surface area contributed by atoms with Crippen molar-refractivity contribution < 1.29 is 19.1 Å². The molecule has 1 unspecified atom stereocenters. The van der Waals surface area contributed by atoms with E-state index >= 15 is 0 Å². The quantitative estimate of drug-likeness (QED) is 0.782. The number of hydrogen-bond donors (Lipinski definition) is 1. The van der Waals surface area contributed by atoms with E-state index in [0.29, 0.717) is 22.8 Å². The monoisotopic (exact) mass is 327 g/mol. The average molecular weight is 328 g/mol. The molecule has 0 aliphatic rings. The number of rotatable bonds is 7. The Bertz CT molecular complexity index is 547. The van der Waals surface area contributed by atoms with Crippen LogP contribution in [-0.4, -0.2) is 31.6 Å². The van der Waals surface area contributed by atoms with Gasteiger partial charge in [0, 0.05) is 10.6 Å². The second-order valence-electron chi connectivity index (χ2n) is 5.25. The van der Waals surface area contributed by atoms with Crippen molar-refractivity contribution in [3.63, 3.8) is 0 Å². The first-order valence-electron chi connectivity index (χ1n) is 7.08. The fourth-order valence-corrected chi connectivity index (χ4v) is 2.49. The standard InChI is InChI=1S/C16H22ClNO4/c1-5-8-16(2,15(20)22-4)18-14(19)9-11-6-7-12(17)10-13(11)21-3/h6-7,10H,5,8-9H2,1-4H3,(H,18,19). The van der Waals surface area contributed by atoms with E-state index < -0.39 is 11.5 Å². The van der Waals surface area contributed by atoms with E-state index in [1.54, 1.807) is 25.1 Å². The molecule has 0 aromatic heterocycles. The number of carbonyl (C=O) groups excluding carboxylic acids is 2. The topological polar surface area (TPSA) is 64.6 Å². The second kappa shape index (κ2) is 8.03. The Kier molecular flexibility index (Phi) is 6.68. The van der Waals surface area contributed by atoms with Gasteiger partial charge in [0.25, 0.3) is 0 Å². The Hall–Kier alpha value is -1.75. The Morgan fingerprint density at radius 1 is 1.32 bits per heavy atom. The molecule has 22 heavy (non-hydrogen) atoms. The molecule has 0 saturated heterocycles. The van der Waals surface area contributed by atoms with Gasteiger partial charge in [-0.25, -0.2) is 4.79 Å². The van der Waals surface area contributed by atoms with Crippen LogP contribution in [0.3, 0.4) is 0 Å². The van der Waals surface area contributed by atoms with E-state index in [0.717, 1.165) is 6.42 Å². The molecule has 0 spiro atoms. The molecule has 1 amide bonds. The van der Waals surface area contributed by atoms with E-state index in [1.165, 1.54) is 14.2 Å². The van der Waals surface area contributed by atoms with Gasteiger partial charge in [-0.15, -0.1) is 0 Å². The fourth-order valence-electron chi connectivity index (χ4n) is 2.33. The maximum atomic E-state index is 12.3. The highest BCUT2D eigenvalue weighted by Crippen LogP contribution is 2.24. The van der Waals surface area contributed by atoms with Gasteiger partial charge in [-0.05, 0) is 25.5 Å². The van der Waals surface area contributed by atoms with Gasteiger partial charge < -0.3 is 14.8 Å². The maximum Gasteiger partial charge on any atom is 0.331 e. The molecule has 1 N–H and O–H groups in total. The number of esters is 1. The zero-order valence-corrected chi connectivity index (χ0v) is 14.1. The summed E-state index contributed by atoms with van der Waals surface area (Å²) in [6.45, 7) is 3.61. The summed E-state index contributed by atoms with van der Waals surface area (Å²) >= 11 is 5.90. The van der Waals surface area contributed by atoms with Crippen molar-refractivity contribution >= 4 is 23.5 Å². The van der Waals surface area contributed by atoms with Gasteiger partial charge >= 0.3 is 5.97 Å². The fraction of sp³-hybridized carbons (Fsp3) is 0.500. The first kappa shape index (κ1) is 18.3. The Labute approximate surface area is 135 Å². The van der Waals surface area contributed by atoms with Crippen molar-refractivity contribution in [3.05, 3.63) is 28.8 Å². The van der Waals surface area contributed by atoms with Crippen molar-refractivity contribution in [1.29, 1.82) is 0 Å². The highest BCUT2D eigenvalue weighted by Gasteiger charge is 2.35. The molecule has 6 heteroatoms. The Balaban J connectivity index is 2.86. The van der Waals surface area contributed by atoms with Crippen LogP contribution in [0.15, 0.2) is 18.2 Å². The molecule has 0 bridgehead atoms. The van der Waals surface area contributed by atoms with E-state index in [4.69, 9.17) is 21.1 Å². The van der Waals surface area contributed by atoms with E-state index in [1.807, 2.05) is 6.92 Å². The van der Waals surface area contributed by atoms with E-state index in [9.17, 15) is 9.59 Å². The number of amides is 1. The Morgan fingerprint density at radius 3 is 2.55 bits per heavy atom. The summed E-state index contributed by atoms with van der Waals surface area (Å²) < 4.78 is 10.0. The minimum absolute atomic E-state index is 0.0939. The molecule has 0 heterocycles. The summed E-state index contributed by atoms with van der Waals surface area (Å²) in [5.41, 5.74) is -0.326. The minimum Gasteiger partial charge on any atom is -0.496 e. The summed E-state index contributed by atoms with van der Waals surface area (Å²) in [6.07, 6.45) is 1.34. The number of benzene rings is 1. The lowest BCUT2D eigenvalue weighted by molar-refractivity contribution is -0.150. The van der Waals surface area contributed by atoms with Gasteiger partial charge in [0.1, 0.15) is 11.3 Å². The normalized spacial score (nSPS) is 13.1. The van der Waals surface area contributed by atoms with Crippen LogP contribution in [0.25, 0.3) is 0 Å². The number of ether oxygens (including phenoxy) is 2. The molecular weight excluding hydrogens is 306 g/mol. The van der Waals surface area contributed by atoms with Crippen LogP contribution < -0.4 is 10.1 Å². The third-order valence-corrected chi connectivity index (χ3v) is 3.64. The van der Waals surface area contributed by atoms with Gasteiger partial charge in [0.15, 0.2) is 0 Å². The zero-order chi connectivity index (χ0) is 16.8. The third-order valence-electron chi connectivity index (χ3n) is 3.40. The number of halogens is 1. The highest BCUT2D eigenvalue weighted by atomic mass is 35.5. The molecule has 0 aliphatic heterocycles. The molecule has 1 aromatic rings. The summed E-state index contributed by atoms with van der Waals surface area (Å²) in [5.74, 6) is -0.189. The molecule has 5 nitrogen and oxygen atoms in total. The summed E-state index contributed by atoms with van der Waals surface area (Å²) in [4.78, 5) is 24.2. The smallest absolute Gasteiger partial charge is 0.331 e. The van der Waals surface area contributed by atoms with Gasteiger partial charge in [-0.1, -0.05) is 31.0 Å². The van der Waals surface area contributed by atoms with Crippen LogP contribution in [0.2, 0.25) is 5.02 Å². The first-order valence-corrected chi connectivity index (χ1v) is 7.46. The molecule has 1 rings (SSSR count). The zero-order valence-electron chi connectivity index (χ0n) is 13.4. The predicted molar refractivity (Wildman–Crippen MR) is 85.2 cm³/mol. The van der Waals surface area contributed by atoms with Crippen molar-refractivity contribution in [2.75, 3.05) is 14.2 Å². The molecule has 0 fully saturated rings. The van der Waals surface area contributed by atoms with Gasteiger partial charge in [0.05, 0.1) is 20.6 Å². The largest absolute Gasteiger partial charge is 0.496 e. The Morgan fingerprint density at radius 2 is 2.00 bits per heavy atom. The number of carbonyl (C=O) groups is 2. The lowest BCUT2D eigenvalue weighted by atomic mass is 9.95. The SMILES string of the molecule is CCCC(C)(NC(=O)Cc1ccc(Cl)cc1OC)C(=O)OC. The van der Waals surface area contributed by atoms with Crippen LogP contribution in [0, 0.1) is 0 Å². The molecular formula is C16H22ClNO4. The van der Waals surface area contributed by atoms with Gasteiger partial charge in [-0.3, -0.25) is 4.79 Å². The molecule has 122 valence electrons. The number of hydrogen-bond acceptors (Lipinski definition) is 4. The van der Waals surface area contributed by atoms with Gasteiger partial charge in [0.2, 0.25) is 5.91 Å². The summed E-state index contributed by atoms with van der Waals surface area (Å²) in [5, 5.41) is 3.29. The molecule has 0 aliphatic carbocycles. The second-order valence-corrected chi connectivity index (χ2v) is 5.69.